The standard InChI is InChI=1S/C9H15F5N2/c10-8(11)6-16-4-3-15-2-1-7(16)5-9(12,13)14/h7-8,15H,1-6H2. The third-order valence-electron chi connectivity index (χ3n) is 2.59. The van der Waals surface area contributed by atoms with Crippen molar-refractivity contribution in [2.24, 2.45) is 0 Å². The van der Waals surface area contributed by atoms with Crippen LogP contribution in [-0.2, 0) is 0 Å². The number of nitrogens with zero attached hydrogens (tertiary/aromatic N) is 1. The molecule has 0 bridgehead atoms. The van der Waals surface area contributed by atoms with Crippen LogP contribution in [0.5, 0.6) is 0 Å². The van der Waals surface area contributed by atoms with Crippen molar-refractivity contribution < 1.29 is 22.0 Å². The second-order valence-corrected chi connectivity index (χ2v) is 3.90. The van der Waals surface area contributed by atoms with Crippen molar-refractivity contribution in [2.45, 2.75) is 31.5 Å². The lowest BCUT2D eigenvalue weighted by Crippen LogP contribution is -2.41. The first-order valence-corrected chi connectivity index (χ1v) is 5.18. The normalized spacial score (nSPS) is 24.8. The van der Waals surface area contributed by atoms with Crippen LogP contribution < -0.4 is 5.32 Å². The van der Waals surface area contributed by atoms with Crippen LogP contribution in [0.2, 0.25) is 0 Å². The Bertz CT molecular complexity index is 207. The molecule has 1 rings (SSSR count). The van der Waals surface area contributed by atoms with Gasteiger partial charge in [0.05, 0.1) is 13.0 Å². The number of rotatable bonds is 3. The highest BCUT2D eigenvalue weighted by molar-refractivity contribution is 4.79. The fourth-order valence-corrected chi connectivity index (χ4v) is 1.90. The summed E-state index contributed by atoms with van der Waals surface area (Å²) in [7, 11) is 0. The molecule has 2 nitrogen and oxygen atoms in total. The van der Waals surface area contributed by atoms with Crippen molar-refractivity contribution in [3.63, 3.8) is 0 Å². The molecule has 0 saturated carbocycles. The minimum absolute atomic E-state index is 0.241. The Labute approximate surface area is 90.8 Å². The quantitative estimate of drug-likeness (QED) is 0.765. The Morgan fingerprint density at radius 2 is 1.94 bits per heavy atom. The third kappa shape index (κ3) is 5.07. The van der Waals surface area contributed by atoms with Crippen LogP contribution in [0.15, 0.2) is 0 Å². The molecule has 1 saturated heterocycles. The lowest BCUT2D eigenvalue weighted by atomic mass is 10.1. The Hall–Kier alpha value is -0.430. The summed E-state index contributed by atoms with van der Waals surface area (Å²) >= 11 is 0. The van der Waals surface area contributed by atoms with Crippen LogP contribution in [0, 0.1) is 0 Å². The molecular formula is C9H15F5N2. The number of hydrogen-bond acceptors (Lipinski definition) is 2. The zero-order valence-electron chi connectivity index (χ0n) is 8.73. The van der Waals surface area contributed by atoms with E-state index >= 15 is 0 Å². The molecule has 0 spiro atoms. The van der Waals surface area contributed by atoms with Gasteiger partial charge in [0, 0.05) is 19.1 Å². The molecule has 0 aromatic heterocycles. The van der Waals surface area contributed by atoms with Crippen LogP contribution in [0.4, 0.5) is 22.0 Å². The van der Waals surface area contributed by atoms with Crippen molar-refractivity contribution in [2.75, 3.05) is 26.2 Å². The first-order chi connectivity index (χ1) is 7.38. The second kappa shape index (κ2) is 5.77. The van der Waals surface area contributed by atoms with Gasteiger partial charge in [-0.05, 0) is 13.0 Å². The molecule has 0 aromatic rings. The van der Waals surface area contributed by atoms with Crippen LogP contribution in [-0.4, -0.2) is 49.7 Å². The molecule has 1 heterocycles. The molecule has 7 heteroatoms. The van der Waals surface area contributed by atoms with Gasteiger partial charge >= 0.3 is 6.18 Å². The second-order valence-electron chi connectivity index (χ2n) is 3.90. The number of halogens is 5. The molecule has 1 atom stereocenters. The van der Waals surface area contributed by atoms with Gasteiger partial charge < -0.3 is 5.32 Å². The van der Waals surface area contributed by atoms with Gasteiger partial charge in [-0.3, -0.25) is 4.90 Å². The minimum Gasteiger partial charge on any atom is -0.315 e. The molecule has 1 aliphatic rings. The molecule has 0 aliphatic carbocycles. The van der Waals surface area contributed by atoms with Gasteiger partial charge in [0.15, 0.2) is 0 Å². The fraction of sp³-hybridized carbons (Fsp3) is 1.00. The lowest BCUT2D eigenvalue weighted by molar-refractivity contribution is -0.148. The average molecular weight is 246 g/mol. The van der Waals surface area contributed by atoms with E-state index in [1.807, 2.05) is 0 Å². The Morgan fingerprint density at radius 1 is 1.25 bits per heavy atom. The summed E-state index contributed by atoms with van der Waals surface area (Å²) in [6.07, 6.45) is -7.64. The Morgan fingerprint density at radius 3 is 2.50 bits per heavy atom. The number of alkyl halides is 5. The topological polar surface area (TPSA) is 15.3 Å². The van der Waals surface area contributed by atoms with E-state index in [4.69, 9.17) is 0 Å². The van der Waals surface area contributed by atoms with Gasteiger partial charge in [-0.1, -0.05) is 0 Å². The molecule has 0 radical (unpaired) electrons. The van der Waals surface area contributed by atoms with Gasteiger partial charge in [0.25, 0.3) is 6.43 Å². The van der Waals surface area contributed by atoms with E-state index < -0.39 is 31.6 Å². The predicted molar refractivity (Wildman–Crippen MR) is 49.5 cm³/mol. The summed E-state index contributed by atoms with van der Waals surface area (Å²) in [5.74, 6) is 0. The van der Waals surface area contributed by atoms with Gasteiger partial charge in [-0.2, -0.15) is 13.2 Å². The highest BCUT2D eigenvalue weighted by Gasteiger charge is 2.35. The van der Waals surface area contributed by atoms with Crippen molar-refractivity contribution in [1.29, 1.82) is 0 Å². The molecule has 0 amide bonds. The first kappa shape index (κ1) is 13.6. The van der Waals surface area contributed by atoms with E-state index in [1.54, 1.807) is 0 Å². The Balaban J connectivity index is 2.58. The van der Waals surface area contributed by atoms with E-state index in [0.717, 1.165) is 0 Å². The molecule has 1 aliphatic heterocycles. The van der Waals surface area contributed by atoms with Crippen LogP contribution in [0.25, 0.3) is 0 Å². The third-order valence-corrected chi connectivity index (χ3v) is 2.59. The smallest absolute Gasteiger partial charge is 0.315 e. The highest BCUT2D eigenvalue weighted by Crippen LogP contribution is 2.26. The van der Waals surface area contributed by atoms with Crippen LogP contribution >= 0.6 is 0 Å². The summed E-state index contributed by atoms with van der Waals surface area (Å²) in [6, 6.07) is -0.830. The van der Waals surface area contributed by atoms with Gasteiger partial charge in [0.1, 0.15) is 0 Å². The molecule has 0 aromatic carbocycles. The maximum absolute atomic E-state index is 12.2. The van der Waals surface area contributed by atoms with E-state index in [1.165, 1.54) is 4.90 Å². The van der Waals surface area contributed by atoms with E-state index in [-0.39, 0.29) is 13.0 Å². The van der Waals surface area contributed by atoms with Crippen molar-refractivity contribution in [3.05, 3.63) is 0 Å². The van der Waals surface area contributed by atoms with Gasteiger partial charge in [-0.15, -0.1) is 0 Å². The maximum atomic E-state index is 12.2. The summed E-state index contributed by atoms with van der Waals surface area (Å²) in [4.78, 5) is 1.23. The van der Waals surface area contributed by atoms with Crippen LogP contribution in [0.1, 0.15) is 12.8 Å². The summed E-state index contributed by atoms with van der Waals surface area (Å²) in [5.41, 5.74) is 0. The fourth-order valence-electron chi connectivity index (χ4n) is 1.90. The van der Waals surface area contributed by atoms with Gasteiger partial charge in [0.2, 0.25) is 0 Å². The average Bonchev–Trinajstić information content (AvgIpc) is 2.28. The van der Waals surface area contributed by atoms with Crippen LogP contribution in [0.3, 0.4) is 0 Å². The predicted octanol–water partition coefficient (Wildman–Crippen LogP) is 1.87. The zero-order chi connectivity index (χ0) is 12.2. The van der Waals surface area contributed by atoms with E-state index in [0.29, 0.717) is 13.1 Å². The number of nitrogens with one attached hydrogen (secondary N) is 1. The lowest BCUT2D eigenvalue weighted by Gasteiger charge is -2.29. The first-order valence-electron chi connectivity index (χ1n) is 5.18. The SMILES string of the molecule is FC(F)CN1CCNCCC1CC(F)(F)F. The maximum Gasteiger partial charge on any atom is 0.390 e. The summed E-state index contributed by atoms with van der Waals surface area (Å²) in [6.45, 7) is 0.565. The molecule has 16 heavy (non-hydrogen) atoms. The van der Waals surface area contributed by atoms with Crippen molar-refractivity contribution in [1.82, 2.24) is 10.2 Å². The van der Waals surface area contributed by atoms with Gasteiger partial charge in [-0.25, -0.2) is 8.78 Å². The summed E-state index contributed by atoms with van der Waals surface area (Å²) in [5, 5.41) is 2.91. The molecule has 1 fully saturated rings. The van der Waals surface area contributed by atoms with E-state index in [2.05, 4.69) is 5.32 Å². The summed E-state index contributed by atoms with van der Waals surface area (Å²) < 4.78 is 61.2. The molecule has 1 N–H and O–H groups in total. The molecule has 96 valence electrons. The van der Waals surface area contributed by atoms with E-state index in [9.17, 15) is 22.0 Å². The largest absolute Gasteiger partial charge is 0.390 e. The van der Waals surface area contributed by atoms with Crippen molar-refractivity contribution >= 4 is 0 Å². The number of hydrogen-bond donors (Lipinski definition) is 1. The monoisotopic (exact) mass is 246 g/mol. The molecular weight excluding hydrogens is 231 g/mol. The minimum atomic E-state index is -4.30. The highest BCUT2D eigenvalue weighted by atomic mass is 19.4. The Kier molecular flexibility index (Phi) is 4.91. The van der Waals surface area contributed by atoms with Crippen molar-refractivity contribution in [3.8, 4) is 0 Å². The zero-order valence-corrected chi connectivity index (χ0v) is 8.73. The molecule has 1 unspecified atom stereocenters.